The molecule has 0 aliphatic carbocycles. The lowest BCUT2D eigenvalue weighted by atomic mass is 10.2. The van der Waals surface area contributed by atoms with Gasteiger partial charge in [0.05, 0.1) is 18.0 Å². The highest BCUT2D eigenvalue weighted by Gasteiger charge is 2.08. The number of nitrogen functional groups attached to an aromatic ring is 1. The van der Waals surface area contributed by atoms with Crippen molar-refractivity contribution in [1.82, 2.24) is 0 Å². The van der Waals surface area contributed by atoms with Crippen LogP contribution in [0.1, 0.15) is 25.3 Å². The molecule has 100 valence electrons. The number of carbonyl (C=O) groups is 1. The molecule has 5 nitrogen and oxygen atoms in total. The van der Waals surface area contributed by atoms with Crippen molar-refractivity contribution in [2.75, 3.05) is 23.9 Å². The maximum absolute atomic E-state index is 11.2. The van der Waals surface area contributed by atoms with Gasteiger partial charge in [-0.2, -0.15) is 0 Å². The van der Waals surface area contributed by atoms with E-state index < -0.39 is 0 Å². The molecule has 0 aromatic heterocycles. The maximum atomic E-state index is 11.2. The number of aryl methyl sites for hydroxylation is 1. The van der Waals surface area contributed by atoms with E-state index in [2.05, 4.69) is 0 Å². The Balaban J connectivity index is 2.47. The summed E-state index contributed by atoms with van der Waals surface area (Å²) in [5, 5.41) is 1.57. The monoisotopic (exact) mass is 251 g/mol. The molecular weight excluding hydrogens is 230 g/mol. The highest BCUT2D eigenvalue weighted by Crippen LogP contribution is 2.22. The average molecular weight is 251 g/mol. The smallest absolute Gasteiger partial charge is 0.305 e. The molecule has 4 N–H and O–H groups in total. The molecule has 0 fully saturated rings. The van der Waals surface area contributed by atoms with Gasteiger partial charge in [0.15, 0.2) is 0 Å². The Labute approximate surface area is 108 Å². The summed E-state index contributed by atoms with van der Waals surface area (Å²) in [6.45, 7) is 4.75. The zero-order chi connectivity index (χ0) is 13.5. The van der Waals surface area contributed by atoms with E-state index in [-0.39, 0.29) is 5.97 Å². The van der Waals surface area contributed by atoms with E-state index in [1.165, 1.54) is 0 Å². The van der Waals surface area contributed by atoms with Crippen LogP contribution in [0.15, 0.2) is 18.2 Å². The first-order chi connectivity index (χ1) is 8.54. The largest absolute Gasteiger partial charge is 0.466 e. The molecule has 0 heterocycles. The minimum absolute atomic E-state index is 0.192. The number of rotatable bonds is 6. The Morgan fingerprint density at radius 1 is 1.44 bits per heavy atom. The number of hydrazine groups is 1. The number of benzene rings is 1. The van der Waals surface area contributed by atoms with Crippen LogP contribution < -0.4 is 16.6 Å². The molecule has 0 atom stereocenters. The lowest BCUT2D eigenvalue weighted by Gasteiger charge is -2.20. The molecule has 0 unspecified atom stereocenters. The third-order valence-electron chi connectivity index (χ3n) is 2.58. The predicted octanol–water partition coefficient (Wildman–Crippen LogP) is 1.60. The Hall–Kier alpha value is -1.75. The Kier molecular flexibility index (Phi) is 5.45. The molecule has 1 rings (SSSR count). The van der Waals surface area contributed by atoms with Gasteiger partial charge in [0.1, 0.15) is 0 Å². The fourth-order valence-corrected chi connectivity index (χ4v) is 1.65. The lowest BCUT2D eigenvalue weighted by molar-refractivity contribution is -0.143. The summed E-state index contributed by atoms with van der Waals surface area (Å²) < 4.78 is 4.85. The highest BCUT2D eigenvalue weighted by molar-refractivity contribution is 5.70. The number of carbonyl (C=O) groups excluding carboxylic acids is 1. The fourth-order valence-electron chi connectivity index (χ4n) is 1.65. The van der Waals surface area contributed by atoms with Crippen LogP contribution in [0.5, 0.6) is 0 Å². The van der Waals surface area contributed by atoms with E-state index in [0.29, 0.717) is 31.7 Å². The van der Waals surface area contributed by atoms with Crippen molar-refractivity contribution < 1.29 is 9.53 Å². The van der Waals surface area contributed by atoms with Gasteiger partial charge < -0.3 is 15.5 Å². The van der Waals surface area contributed by atoms with Gasteiger partial charge in [0, 0.05) is 13.0 Å². The van der Waals surface area contributed by atoms with E-state index in [1.54, 1.807) is 11.9 Å². The summed E-state index contributed by atoms with van der Waals surface area (Å²) >= 11 is 0. The number of anilines is 2. The molecule has 0 amide bonds. The third kappa shape index (κ3) is 4.25. The summed E-state index contributed by atoms with van der Waals surface area (Å²) in [5.41, 5.74) is 8.38. The van der Waals surface area contributed by atoms with E-state index in [9.17, 15) is 4.79 Å². The second-order valence-electron chi connectivity index (χ2n) is 4.16. The lowest BCUT2D eigenvalue weighted by Crippen LogP contribution is -2.32. The van der Waals surface area contributed by atoms with Crippen LogP contribution in [0.3, 0.4) is 0 Å². The summed E-state index contributed by atoms with van der Waals surface area (Å²) in [5.74, 6) is 5.73. The fraction of sp³-hybridized carbons (Fsp3) is 0.462. The van der Waals surface area contributed by atoms with Crippen LogP contribution in [0, 0.1) is 6.92 Å². The quantitative estimate of drug-likeness (QED) is 0.347. The molecule has 1 aromatic carbocycles. The van der Waals surface area contributed by atoms with Crippen LogP contribution in [0.2, 0.25) is 0 Å². The SMILES string of the molecule is CCOC(=O)CCCN(N)c1cc(C)ccc1N. The minimum atomic E-state index is -0.192. The van der Waals surface area contributed by atoms with Crippen molar-refractivity contribution in [2.45, 2.75) is 26.7 Å². The van der Waals surface area contributed by atoms with E-state index in [4.69, 9.17) is 16.3 Å². The van der Waals surface area contributed by atoms with Gasteiger partial charge >= 0.3 is 5.97 Å². The standard InChI is InChI=1S/C13H21N3O2/c1-3-18-13(17)5-4-8-16(15)12-9-10(2)6-7-11(12)14/h6-7,9H,3-5,8,14-15H2,1-2H3. The van der Waals surface area contributed by atoms with E-state index in [1.807, 2.05) is 25.1 Å². The van der Waals surface area contributed by atoms with E-state index in [0.717, 1.165) is 11.3 Å². The number of hydrogen-bond donors (Lipinski definition) is 2. The number of hydrogen-bond acceptors (Lipinski definition) is 5. The first kappa shape index (κ1) is 14.3. The number of ether oxygens (including phenoxy) is 1. The van der Waals surface area contributed by atoms with Gasteiger partial charge in [0.2, 0.25) is 0 Å². The minimum Gasteiger partial charge on any atom is -0.466 e. The predicted molar refractivity (Wildman–Crippen MR) is 73.0 cm³/mol. The number of esters is 1. The van der Waals surface area contributed by atoms with Gasteiger partial charge in [-0.3, -0.25) is 4.79 Å². The van der Waals surface area contributed by atoms with Gasteiger partial charge in [-0.15, -0.1) is 0 Å². The molecule has 18 heavy (non-hydrogen) atoms. The molecule has 0 aliphatic rings. The average Bonchev–Trinajstić information content (AvgIpc) is 2.32. The van der Waals surface area contributed by atoms with Gasteiger partial charge in [-0.25, -0.2) is 5.84 Å². The van der Waals surface area contributed by atoms with Crippen LogP contribution in [-0.2, 0) is 9.53 Å². The summed E-state index contributed by atoms with van der Waals surface area (Å²) in [6.07, 6.45) is 1.01. The van der Waals surface area contributed by atoms with Crippen molar-refractivity contribution in [3.63, 3.8) is 0 Å². The molecule has 5 heteroatoms. The molecule has 0 saturated carbocycles. The summed E-state index contributed by atoms with van der Waals surface area (Å²) in [6, 6.07) is 5.70. The Bertz CT molecular complexity index is 407. The molecule has 0 radical (unpaired) electrons. The summed E-state index contributed by atoms with van der Waals surface area (Å²) in [4.78, 5) is 11.2. The molecule has 1 aromatic rings. The van der Waals surface area contributed by atoms with Crippen LogP contribution in [0.4, 0.5) is 11.4 Å². The molecule has 0 aliphatic heterocycles. The van der Waals surface area contributed by atoms with Gasteiger partial charge in [0.25, 0.3) is 0 Å². The first-order valence-electron chi connectivity index (χ1n) is 6.08. The molecule has 0 bridgehead atoms. The van der Waals surface area contributed by atoms with Crippen molar-refractivity contribution >= 4 is 17.3 Å². The molecule has 0 saturated heterocycles. The van der Waals surface area contributed by atoms with Crippen LogP contribution >= 0.6 is 0 Å². The topological polar surface area (TPSA) is 81.6 Å². The van der Waals surface area contributed by atoms with Crippen LogP contribution in [-0.4, -0.2) is 19.1 Å². The Morgan fingerprint density at radius 3 is 2.83 bits per heavy atom. The zero-order valence-electron chi connectivity index (χ0n) is 11.0. The molecular formula is C13H21N3O2. The second kappa shape index (κ2) is 6.86. The summed E-state index contributed by atoms with van der Waals surface area (Å²) in [7, 11) is 0. The number of nitrogens with zero attached hydrogens (tertiary/aromatic N) is 1. The zero-order valence-corrected chi connectivity index (χ0v) is 11.0. The third-order valence-corrected chi connectivity index (χ3v) is 2.58. The normalized spacial score (nSPS) is 10.2. The van der Waals surface area contributed by atoms with Crippen molar-refractivity contribution in [3.8, 4) is 0 Å². The maximum Gasteiger partial charge on any atom is 0.305 e. The van der Waals surface area contributed by atoms with Crippen molar-refractivity contribution in [1.29, 1.82) is 0 Å². The first-order valence-corrected chi connectivity index (χ1v) is 6.08. The molecule has 0 spiro atoms. The highest BCUT2D eigenvalue weighted by atomic mass is 16.5. The number of nitrogens with two attached hydrogens (primary N) is 2. The van der Waals surface area contributed by atoms with E-state index >= 15 is 0 Å². The van der Waals surface area contributed by atoms with Gasteiger partial charge in [-0.05, 0) is 38.0 Å². The van der Waals surface area contributed by atoms with Crippen LogP contribution in [0.25, 0.3) is 0 Å². The van der Waals surface area contributed by atoms with Gasteiger partial charge in [-0.1, -0.05) is 6.07 Å². The Morgan fingerprint density at radius 2 is 2.17 bits per heavy atom. The van der Waals surface area contributed by atoms with Crippen molar-refractivity contribution in [2.24, 2.45) is 5.84 Å². The van der Waals surface area contributed by atoms with Crippen molar-refractivity contribution in [3.05, 3.63) is 23.8 Å². The second-order valence-corrected chi connectivity index (χ2v) is 4.16.